The summed E-state index contributed by atoms with van der Waals surface area (Å²) in [7, 11) is -3.70. The SMILES string of the molecule is CC(C(=O)N/N=C/c1ccc(OCC(=O)NCc2ccccc2)cc1)N(c1ccccc1)S(C)(=O)=O. The lowest BCUT2D eigenvalue weighted by Gasteiger charge is -2.27. The summed E-state index contributed by atoms with van der Waals surface area (Å²) in [4.78, 5) is 24.5. The molecule has 1 atom stereocenters. The normalized spacial score (nSPS) is 12.1. The number of hydrogen-bond acceptors (Lipinski definition) is 6. The number of benzene rings is 3. The maximum absolute atomic E-state index is 12.6. The molecule has 2 N–H and O–H groups in total. The number of nitrogens with zero attached hydrogens (tertiary/aromatic N) is 2. The monoisotopic (exact) mass is 508 g/mol. The molecule has 0 heterocycles. The molecule has 0 aliphatic rings. The Bertz CT molecular complexity index is 1280. The minimum Gasteiger partial charge on any atom is -0.484 e. The fraction of sp³-hybridized carbons (Fsp3) is 0.192. The standard InChI is InChI=1S/C26H28N4O5S/c1-20(30(36(2,33)34)23-11-7-4-8-12-23)26(32)29-28-18-22-13-15-24(16-14-22)35-19-25(31)27-17-21-9-5-3-6-10-21/h3-16,18,20H,17,19H2,1-2H3,(H,27,31)(H,29,32)/b28-18+. The smallest absolute Gasteiger partial charge is 0.263 e. The Morgan fingerprint density at radius 1 is 0.972 bits per heavy atom. The molecule has 0 aliphatic heterocycles. The number of hydrazone groups is 1. The van der Waals surface area contributed by atoms with Gasteiger partial charge in [0.05, 0.1) is 18.2 Å². The number of hydrogen-bond donors (Lipinski definition) is 2. The number of para-hydroxylation sites is 1. The maximum Gasteiger partial charge on any atom is 0.263 e. The van der Waals surface area contributed by atoms with Crippen molar-refractivity contribution in [3.8, 4) is 5.75 Å². The highest BCUT2D eigenvalue weighted by atomic mass is 32.2. The van der Waals surface area contributed by atoms with Gasteiger partial charge in [-0.15, -0.1) is 0 Å². The van der Waals surface area contributed by atoms with Gasteiger partial charge in [-0.05, 0) is 54.4 Å². The number of nitrogens with one attached hydrogen (secondary N) is 2. The Kier molecular flexibility index (Phi) is 9.18. The second kappa shape index (κ2) is 12.5. The number of anilines is 1. The third-order valence-corrected chi connectivity index (χ3v) is 6.31. The highest BCUT2D eigenvalue weighted by Gasteiger charge is 2.28. The third-order valence-electron chi connectivity index (χ3n) is 5.07. The van der Waals surface area contributed by atoms with Crippen molar-refractivity contribution in [2.45, 2.75) is 19.5 Å². The van der Waals surface area contributed by atoms with Crippen LogP contribution in [0.5, 0.6) is 5.75 Å². The topological polar surface area (TPSA) is 117 Å². The molecule has 3 aromatic rings. The summed E-state index contributed by atoms with van der Waals surface area (Å²) in [5.74, 6) is -0.312. The average molecular weight is 509 g/mol. The Hall–Kier alpha value is -4.18. The van der Waals surface area contributed by atoms with E-state index < -0.39 is 22.0 Å². The molecule has 0 fully saturated rings. The Morgan fingerprint density at radius 2 is 1.58 bits per heavy atom. The average Bonchev–Trinajstić information content (AvgIpc) is 2.87. The van der Waals surface area contributed by atoms with E-state index in [2.05, 4.69) is 15.8 Å². The molecule has 3 aromatic carbocycles. The summed E-state index contributed by atoms with van der Waals surface area (Å²) < 4.78 is 31.1. The van der Waals surface area contributed by atoms with Crippen molar-refractivity contribution in [2.75, 3.05) is 17.2 Å². The number of rotatable bonds is 11. The van der Waals surface area contributed by atoms with E-state index in [-0.39, 0.29) is 12.5 Å². The van der Waals surface area contributed by atoms with Crippen LogP contribution in [-0.2, 0) is 26.2 Å². The lowest BCUT2D eigenvalue weighted by atomic mass is 10.2. The fourth-order valence-electron chi connectivity index (χ4n) is 3.29. The molecule has 10 heteroatoms. The molecule has 3 rings (SSSR count). The van der Waals surface area contributed by atoms with Crippen LogP contribution in [0.3, 0.4) is 0 Å². The number of amides is 2. The number of ether oxygens (including phenoxy) is 1. The Labute approximate surface area is 210 Å². The summed E-state index contributed by atoms with van der Waals surface area (Å²) in [5.41, 5.74) is 4.43. The first-order chi connectivity index (χ1) is 17.2. The molecule has 0 saturated carbocycles. The molecule has 0 bridgehead atoms. The highest BCUT2D eigenvalue weighted by molar-refractivity contribution is 7.92. The minimum atomic E-state index is -3.70. The molecule has 9 nitrogen and oxygen atoms in total. The van der Waals surface area contributed by atoms with Crippen molar-refractivity contribution in [3.63, 3.8) is 0 Å². The summed E-state index contributed by atoms with van der Waals surface area (Å²) in [5, 5.41) is 6.72. The Balaban J connectivity index is 1.49. The zero-order valence-electron chi connectivity index (χ0n) is 20.0. The lowest BCUT2D eigenvalue weighted by molar-refractivity contribution is -0.123. The van der Waals surface area contributed by atoms with Crippen LogP contribution >= 0.6 is 0 Å². The van der Waals surface area contributed by atoms with Crippen molar-refractivity contribution in [1.29, 1.82) is 0 Å². The molecule has 0 aliphatic carbocycles. The van der Waals surface area contributed by atoms with Gasteiger partial charge in [-0.3, -0.25) is 13.9 Å². The van der Waals surface area contributed by atoms with Crippen LogP contribution < -0.4 is 19.8 Å². The lowest BCUT2D eigenvalue weighted by Crippen LogP contribution is -2.46. The predicted octanol–water partition coefficient (Wildman–Crippen LogP) is 2.69. The van der Waals surface area contributed by atoms with Crippen molar-refractivity contribution in [1.82, 2.24) is 10.7 Å². The van der Waals surface area contributed by atoms with Gasteiger partial charge in [0.15, 0.2) is 6.61 Å². The molecule has 0 spiro atoms. The van der Waals surface area contributed by atoms with Crippen molar-refractivity contribution < 1.29 is 22.7 Å². The predicted molar refractivity (Wildman–Crippen MR) is 139 cm³/mol. The Morgan fingerprint density at radius 3 is 2.19 bits per heavy atom. The number of carbonyl (C=O) groups excluding carboxylic acids is 2. The molecule has 0 saturated heterocycles. The van der Waals surface area contributed by atoms with E-state index in [1.54, 1.807) is 54.6 Å². The van der Waals surface area contributed by atoms with E-state index in [4.69, 9.17) is 4.74 Å². The quantitative estimate of drug-likeness (QED) is 0.305. The first-order valence-corrected chi connectivity index (χ1v) is 13.0. The molecule has 1 unspecified atom stereocenters. The molecule has 188 valence electrons. The van der Waals surface area contributed by atoms with Gasteiger partial charge < -0.3 is 10.1 Å². The van der Waals surface area contributed by atoms with Gasteiger partial charge in [0.1, 0.15) is 11.8 Å². The van der Waals surface area contributed by atoms with E-state index in [0.717, 1.165) is 16.1 Å². The minimum absolute atomic E-state index is 0.119. The first-order valence-electron chi connectivity index (χ1n) is 11.1. The van der Waals surface area contributed by atoms with E-state index in [1.165, 1.54) is 13.1 Å². The van der Waals surface area contributed by atoms with E-state index in [1.807, 2.05) is 30.3 Å². The fourth-order valence-corrected chi connectivity index (χ4v) is 4.47. The van der Waals surface area contributed by atoms with Gasteiger partial charge in [0, 0.05) is 6.54 Å². The van der Waals surface area contributed by atoms with Crippen LogP contribution in [0.15, 0.2) is 90.0 Å². The maximum atomic E-state index is 12.6. The van der Waals surface area contributed by atoms with Crippen LogP contribution in [0.1, 0.15) is 18.1 Å². The van der Waals surface area contributed by atoms with Crippen LogP contribution in [0.4, 0.5) is 5.69 Å². The van der Waals surface area contributed by atoms with E-state index in [9.17, 15) is 18.0 Å². The van der Waals surface area contributed by atoms with Gasteiger partial charge in [-0.2, -0.15) is 5.10 Å². The zero-order valence-corrected chi connectivity index (χ0v) is 20.8. The zero-order chi connectivity index (χ0) is 26.0. The van der Waals surface area contributed by atoms with E-state index >= 15 is 0 Å². The van der Waals surface area contributed by atoms with Crippen molar-refractivity contribution in [3.05, 3.63) is 96.1 Å². The highest BCUT2D eigenvalue weighted by Crippen LogP contribution is 2.20. The summed E-state index contributed by atoms with van der Waals surface area (Å²) in [6.07, 6.45) is 2.47. The summed E-state index contributed by atoms with van der Waals surface area (Å²) in [6.45, 7) is 1.80. The summed E-state index contributed by atoms with van der Waals surface area (Å²) >= 11 is 0. The molecule has 2 amide bonds. The van der Waals surface area contributed by atoms with Crippen LogP contribution in [-0.4, -0.2) is 45.4 Å². The van der Waals surface area contributed by atoms with Gasteiger partial charge in [-0.25, -0.2) is 13.8 Å². The van der Waals surface area contributed by atoms with Gasteiger partial charge in [-0.1, -0.05) is 48.5 Å². The summed E-state index contributed by atoms with van der Waals surface area (Å²) in [6, 6.07) is 23.7. The number of sulfonamides is 1. The van der Waals surface area contributed by atoms with Crippen LogP contribution in [0.2, 0.25) is 0 Å². The number of carbonyl (C=O) groups is 2. The van der Waals surface area contributed by atoms with Gasteiger partial charge in [0.25, 0.3) is 11.8 Å². The van der Waals surface area contributed by atoms with Crippen LogP contribution in [0.25, 0.3) is 0 Å². The molecular formula is C26H28N4O5S. The van der Waals surface area contributed by atoms with Crippen molar-refractivity contribution >= 4 is 33.7 Å². The second-order valence-corrected chi connectivity index (χ2v) is 9.78. The van der Waals surface area contributed by atoms with Gasteiger partial charge >= 0.3 is 0 Å². The second-order valence-electron chi connectivity index (χ2n) is 7.92. The molecule has 36 heavy (non-hydrogen) atoms. The van der Waals surface area contributed by atoms with Crippen LogP contribution in [0, 0.1) is 0 Å². The molecule has 0 aromatic heterocycles. The molecular weight excluding hydrogens is 480 g/mol. The van der Waals surface area contributed by atoms with E-state index in [0.29, 0.717) is 23.5 Å². The molecule has 0 radical (unpaired) electrons. The van der Waals surface area contributed by atoms with Crippen molar-refractivity contribution in [2.24, 2.45) is 5.10 Å². The third kappa shape index (κ3) is 7.95. The first kappa shape index (κ1) is 26.4. The largest absolute Gasteiger partial charge is 0.484 e. The van der Waals surface area contributed by atoms with Gasteiger partial charge in [0.2, 0.25) is 10.0 Å².